The highest BCUT2D eigenvalue weighted by molar-refractivity contribution is 5.82. The molecule has 1 atom stereocenters. The van der Waals surface area contributed by atoms with Crippen LogP contribution in [0.4, 0.5) is 0 Å². The SMILES string of the molecule is COC(=O)C(COc1ccccc1)(NC1CC1)C1CC1. The second kappa shape index (κ2) is 5.44. The molecule has 0 aromatic heterocycles. The van der Waals surface area contributed by atoms with E-state index in [1.807, 2.05) is 30.3 Å². The standard InChI is InChI=1S/C16H21NO3/c1-19-15(18)16(12-7-8-12,17-13-9-10-13)11-20-14-5-3-2-4-6-14/h2-6,12-13,17H,7-11H2,1H3. The van der Waals surface area contributed by atoms with E-state index >= 15 is 0 Å². The summed E-state index contributed by atoms with van der Waals surface area (Å²) < 4.78 is 10.9. The first-order valence-corrected chi connectivity index (χ1v) is 7.28. The van der Waals surface area contributed by atoms with Gasteiger partial charge in [0.1, 0.15) is 12.4 Å². The highest BCUT2D eigenvalue weighted by Gasteiger charge is 2.54. The van der Waals surface area contributed by atoms with Gasteiger partial charge in [0.2, 0.25) is 0 Å². The molecule has 108 valence electrons. The molecule has 0 heterocycles. The molecule has 2 saturated carbocycles. The summed E-state index contributed by atoms with van der Waals surface area (Å²) in [6, 6.07) is 10.1. The molecule has 2 aliphatic carbocycles. The van der Waals surface area contributed by atoms with Gasteiger partial charge in [-0.05, 0) is 43.7 Å². The van der Waals surface area contributed by atoms with Gasteiger partial charge in [-0.3, -0.25) is 5.32 Å². The van der Waals surface area contributed by atoms with Crippen molar-refractivity contribution in [3.63, 3.8) is 0 Å². The maximum Gasteiger partial charge on any atom is 0.329 e. The number of ether oxygens (including phenoxy) is 2. The quantitative estimate of drug-likeness (QED) is 0.775. The highest BCUT2D eigenvalue weighted by Crippen LogP contribution is 2.42. The Kier molecular flexibility index (Phi) is 3.66. The second-order valence-electron chi connectivity index (χ2n) is 5.76. The van der Waals surface area contributed by atoms with Crippen LogP contribution in [0.5, 0.6) is 5.75 Å². The number of esters is 1. The Morgan fingerprint density at radius 1 is 1.25 bits per heavy atom. The first-order valence-electron chi connectivity index (χ1n) is 7.28. The molecule has 20 heavy (non-hydrogen) atoms. The fourth-order valence-electron chi connectivity index (χ4n) is 2.63. The van der Waals surface area contributed by atoms with Crippen LogP contribution >= 0.6 is 0 Å². The van der Waals surface area contributed by atoms with E-state index in [1.165, 1.54) is 7.11 Å². The maximum absolute atomic E-state index is 12.3. The summed E-state index contributed by atoms with van der Waals surface area (Å²) in [6.45, 7) is 0.338. The Balaban J connectivity index is 1.74. The van der Waals surface area contributed by atoms with Crippen molar-refractivity contribution in [1.82, 2.24) is 5.32 Å². The lowest BCUT2D eigenvalue weighted by Gasteiger charge is -2.32. The van der Waals surface area contributed by atoms with Crippen LogP contribution < -0.4 is 10.1 Å². The number of carbonyl (C=O) groups excluding carboxylic acids is 1. The van der Waals surface area contributed by atoms with Crippen LogP contribution in [-0.4, -0.2) is 31.3 Å². The molecular weight excluding hydrogens is 254 g/mol. The van der Waals surface area contributed by atoms with E-state index in [2.05, 4.69) is 5.32 Å². The fraction of sp³-hybridized carbons (Fsp3) is 0.562. The van der Waals surface area contributed by atoms with Crippen molar-refractivity contribution in [3.05, 3.63) is 30.3 Å². The molecule has 0 amide bonds. The van der Waals surface area contributed by atoms with Gasteiger partial charge in [-0.2, -0.15) is 0 Å². The summed E-state index contributed by atoms with van der Waals surface area (Å²) in [6.07, 6.45) is 4.40. The van der Waals surface area contributed by atoms with Crippen LogP contribution in [0.2, 0.25) is 0 Å². The van der Waals surface area contributed by atoms with Gasteiger partial charge in [0.15, 0.2) is 5.54 Å². The Hall–Kier alpha value is -1.55. The zero-order valence-electron chi connectivity index (χ0n) is 11.8. The molecule has 4 heteroatoms. The number of para-hydroxylation sites is 1. The average molecular weight is 275 g/mol. The highest BCUT2D eigenvalue weighted by atomic mass is 16.5. The van der Waals surface area contributed by atoms with Crippen molar-refractivity contribution in [2.45, 2.75) is 37.3 Å². The molecule has 4 nitrogen and oxygen atoms in total. The van der Waals surface area contributed by atoms with Crippen molar-refractivity contribution < 1.29 is 14.3 Å². The smallest absolute Gasteiger partial charge is 0.329 e. The van der Waals surface area contributed by atoms with E-state index in [9.17, 15) is 4.79 Å². The number of hydrogen-bond donors (Lipinski definition) is 1. The first-order chi connectivity index (χ1) is 9.74. The molecule has 1 aromatic rings. The third kappa shape index (κ3) is 2.80. The van der Waals surface area contributed by atoms with Crippen molar-refractivity contribution >= 4 is 5.97 Å². The molecule has 2 aliphatic rings. The van der Waals surface area contributed by atoms with Crippen LogP contribution in [0, 0.1) is 5.92 Å². The third-order valence-corrected chi connectivity index (χ3v) is 4.07. The molecule has 0 aliphatic heterocycles. The van der Waals surface area contributed by atoms with Crippen LogP contribution in [-0.2, 0) is 9.53 Å². The minimum Gasteiger partial charge on any atom is -0.491 e. The molecule has 1 unspecified atom stereocenters. The zero-order chi connectivity index (χ0) is 14.0. The van der Waals surface area contributed by atoms with E-state index in [0.717, 1.165) is 31.4 Å². The van der Waals surface area contributed by atoms with Gasteiger partial charge in [-0.15, -0.1) is 0 Å². The summed E-state index contributed by atoms with van der Waals surface area (Å²) in [7, 11) is 1.45. The van der Waals surface area contributed by atoms with Gasteiger partial charge in [-0.1, -0.05) is 18.2 Å². The normalized spacial score (nSPS) is 21.1. The lowest BCUT2D eigenvalue weighted by atomic mass is 9.93. The molecule has 1 aromatic carbocycles. The minimum absolute atomic E-state index is 0.192. The molecule has 0 radical (unpaired) electrons. The predicted octanol–water partition coefficient (Wildman–Crippen LogP) is 2.14. The Morgan fingerprint density at radius 3 is 2.50 bits per heavy atom. The molecule has 1 N–H and O–H groups in total. The summed E-state index contributed by atoms with van der Waals surface area (Å²) in [5.41, 5.74) is -0.675. The monoisotopic (exact) mass is 275 g/mol. The van der Waals surface area contributed by atoms with Crippen molar-refractivity contribution in [1.29, 1.82) is 0 Å². The first kappa shape index (κ1) is 13.4. The average Bonchev–Trinajstić information content (AvgIpc) is 3.37. The molecule has 0 saturated heterocycles. The molecular formula is C16H21NO3. The van der Waals surface area contributed by atoms with Gasteiger partial charge < -0.3 is 9.47 Å². The molecule has 2 fully saturated rings. The Bertz CT molecular complexity index is 468. The Morgan fingerprint density at radius 2 is 1.95 bits per heavy atom. The fourth-order valence-corrected chi connectivity index (χ4v) is 2.63. The van der Waals surface area contributed by atoms with Crippen LogP contribution in [0.1, 0.15) is 25.7 Å². The third-order valence-electron chi connectivity index (χ3n) is 4.07. The van der Waals surface area contributed by atoms with Crippen molar-refractivity contribution in [2.75, 3.05) is 13.7 Å². The molecule has 0 spiro atoms. The molecule has 0 bridgehead atoms. The van der Waals surface area contributed by atoms with Crippen LogP contribution in [0.3, 0.4) is 0 Å². The van der Waals surface area contributed by atoms with Gasteiger partial charge in [0, 0.05) is 6.04 Å². The van der Waals surface area contributed by atoms with E-state index < -0.39 is 5.54 Å². The van der Waals surface area contributed by atoms with Gasteiger partial charge in [-0.25, -0.2) is 4.79 Å². The predicted molar refractivity (Wildman–Crippen MR) is 75.6 cm³/mol. The van der Waals surface area contributed by atoms with E-state index in [0.29, 0.717) is 18.6 Å². The maximum atomic E-state index is 12.3. The number of hydrogen-bond acceptors (Lipinski definition) is 4. The summed E-state index contributed by atoms with van der Waals surface area (Å²) >= 11 is 0. The summed E-state index contributed by atoms with van der Waals surface area (Å²) in [5, 5.41) is 3.49. The van der Waals surface area contributed by atoms with Gasteiger partial charge in [0.25, 0.3) is 0 Å². The number of methoxy groups -OCH3 is 1. The van der Waals surface area contributed by atoms with Crippen molar-refractivity contribution in [3.8, 4) is 5.75 Å². The van der Waals surface area contributed by atoms with E-state index in [1.54, 1.807) is 0 Å². The van der Waals surface area contributed by atoms with Crippen LogP contribution in [0.15, 0.2) is 30.3 Å². The second-order valence-corrected chi connectivity index (χ2v) is 5.76. The zero-order valence-corrected chi connectivity index (χ0v) is 11.8. The molecule has 3 rings (SSSR count). The van der Waals surface area contributed by atoms with Crippen molar-refractivity contribution in [2.24, 2.45) is 5.92 Å². The number of benzene rings is 1. The van der Waals surface area contributed by atoms with Gasteiger partial charge in [0.05, 0.1) is 7.11 Å². The lowest BCUT2D eigenvalue weighted by molar-refractivity contribution is -0.151. The number of carbonyl (C=O) groups is 1. The summed E-state index contributed by atoms with van der Waals surface area (Å²) in [4.78, 5) is 12.3. The lowest BCUT2D eigenvalue weighted by Crippen LogP contribution is -2.59. The number of nitrogens with one attached hydrogen (secondary N) is 1. The summed E-state index contributed by atoms with van der Waals surface area (Å²) in [5.74, 6) is 0.932. The van der Waals surface area contributed by atoms with Gasteiger partial charge >= 0.3 is 5.97 Å². The topological polar surface area (TPSA) is 47.6 Å². The van der Waals surface area contributed by atoms with E-state index in [4.69, 9.17) is 9.47 Å². The number of rotatable bonds is 7. The largest absolute Gasteiger partial charge is 0.491 e. The minimum atomic E-state index is -0.675. The van der Waals surface area contributed by atoms with Crippen LogP contribution in [0.25, 0.3) is 0 Å². The Labute approximate surface area is 119 Å². The van der Waals surface area contributed by atoms with E-state index in [-0.39, 0.29) is 5.97 Å².